The number of pyridine rings is 2. The number of amides is 1. The average Bonchev–Trinajstić information content (AvgIpc) is 3.72. The number of aliphatic hydroxyl groups excluding tert-OH is 1. The van der Waals surface area contributed by atoms with Crippen LogP contribution in [0.2, 0.25) is 0 Å². The second kappa shape index (κ2) is 10.2. The van der Waals surface area contributed by atoms with Crippen LogP contribution in [-0.4, -0.2) is 52.0 Å². The normalized spacial score (nSPS) is 18.8. The number of carbonyl (C=O) groups is 1. The van der Waals surface area contributed by atoms with Crippen molar-refractivity contribution < 1.29 is 36.2 Å². The number of rotatable bonds is 6. The predicted molar refractivity (Wildman–Crippen MR) is 129 cm³/mol. The third-order valence-electron chi connectivity index (χ3n) is 7.17. The van der Waals surface area contributed by atoms with Gasteiger partial charge in [0.1, 0.15) is 28.9 Å². The molecular formula is C26H24F6N4O3. The van der Waals surface area contributed by atoms with E-state index in [2.05, 4.69) is 4.98 Å². The van der Waals surface area contributed by atoms with Crippen LogP contribution in [0.1, 0.15) is 42.5 Å². The van der Waals surface area contributed by atoms with E-state index in [4.69, 9.17) is 0 Å². The lowest BCUT2D eigenvalue weighted by Crippen LogP contribution is -2.48. The van der Waals surface area contributed by atoms with Crippen LogP contribution >= 0.6 is 0 Å². The molecule has 1 aromatic carbocycles. The summed E-state index contributed by atoms with van der Waals surface area (Å²) in [6, 6.07) is 0.996. The van der Waals surface area contributed by atoms with E-state index in [9.17, 15) is 41.0 Å². The average molecular weight is 554 g/mol. The van der Waals surface area contributed by atoms with E-state index < -0.39 is 58.2 Å². The number of fused-ring (bicyclic) bond motifs is 1. The van der Waals surface area contributed by atoms with Crippen LogP contribution in [0, 0.1) is 23.4 Å². The monoisotopic (exact) mass is 554 g/mol. The first kappa shape index (κ1) is 27.0. The molecule has 1 aliphatic carbocycles. The Balaban J connectivity index is 1.69. The van der Waals surface area contributed by atoms with Gasteiger partial charge in [-0.15, -0.1) is 0 Å². The van der Waals surface area contributed by atoms with Gasteiger partial charge in [-0.3, -0.25) is 14.2 Å². The van der Waals surface area contributed by atoms with Crippen LogP contribution in [-0.2, 0) is 0 Å². The maximum atomic E-state index is 14.9. The summed E-state index contributed by atoms with van der Waals surface area (Å²) in [5.41, 5.74) is -2.95. The maximum Gasteiger partial charge on any atom is 0.408 e. The Morgan fingerprint density at radius 1 is 1.10 bits per heavy atom. The molecule has 0 bridgehead atoms. The molecule has 0 spiro atoms. The number of benzene rings is 1. The van der Waals surface area contributed by atoms with Gasteiger partial charge in [0.05, 0.1) is 18.0 Å². The van der Waals surface area contributed by atoms with Gasteiger partial charge in [0.2, 0.25) is 5.43 Å². The Morgan fingerprint density at radius 2 is 1.79 bits per heavy atom. The fraction of sp³-hybridized carbons (Fsp3) is 0.423. The third kappa shape index (κ3) is 5.19. The fourth-order valence-corrected chi connectivity index (χ4v) is 5.06. The van der Waals surface area contributed by atoms with E-state index in [1.807, 2.05) is 5.32 Å². The highest BCUT2D eigenvalue weighted by Gasteiger charge is 2.50. The molecule has 1 amide bonds. The van der Waals surface area contributed by atoms with Gasteiger partial charge < -0.3 is 15.3 Å². The Bertz CT molecular complexity index is 1460. The van der Waals surface area contributed by atoms with Crippen molar-refractivity contribution in [2.75, 3.05) is 18.1 Å². The molecule has 1 aliphatic heterocycles. The minimum absolute atomic E-state index is 0.186. The summed E-state index contributed by atoms with van der Waals surface area (Å²) in [6.07, 6.45) is -1.25. The molecule has 2 aliphatic rings. The first-order valence-electron chi connectivity index (χ1n) is 12.5. The largest absolute Gasteiger partial charge is 0.408 e. The van der Waals surface area contributed by atoms with Crippen LogP contribution in [0.25, 0.3) is 16.7 Å². The Labute approximate surface area is 218 Å². The quantitative estimate of drug-likeness (QED) is 0.446. The Kier molecular flexibility index (Phi) is 7.04. The zero-order valence-electron chi connectivity index (χ0n) is 20.4. The summed E-state index contributed by atoms with van der Waals surface area (Å²) in [7, 11) is 0. The molecule has 1 saturated heterocycles. The number of alkyl halides is 3. The van der Waals surface area contributed by atoms with Crippen LogP contribution in [0.4, 0.5) is 32.2 Å². The number of aliphatic hydroxyl groups is 1. The van der Waals surface area contributed by atoms with E-state index in [1.54, 1.807) is 4.90 Å². The van der Waals surface area contributed by atoms with E-state index in [1.165, 1.54) is 12.1 Å². The molecule has 5 rings (SSSR count). The van der Waals surface area contributed by atoms with Crippen molar-refractivity contribution >= 4 is 22.8 Å². The summed E-state index contributed by atoms with van der Waals surface area (Å²) in [4.78, 5) is 32.5. The van der Waals surface area contributed by atoms with Crippen molar-refractivity contribution in [3.05, 3.63) is 63.7 Å². The Hall–Kier alpha value is -3.61. The van der Waals surface area contributed by atoms with Gasteiger partial charge in [0.15, 0.2) is 17.3 Å². The first-order chi connectivity index (χ1) is 18.5. The lowest BCUT2D eigenvalue weighted by Gasteiger charge is -2.35. The molecule has 39 heavy (non-hydrogen) atoms. The summed E-state index contributed by atoms with van der Waals surface area (Å²) in [6.45, 7) is 0.321. The number of carbonyl (C=O) groups excluding carboxylic acids is 1. The molecule has 2 N–H and O–H groups in total. The zero-order valence-corrected chi connectivity index (χ0v) is 20.4. The minimum Gasteiger partial charge on any atom is -0.394 e. The van der Waals surface area contributed by atoms with E-state index >= 15 is 0 Å². The van der Waals surface area contributed by atoms with Crippen molar-refractivity contribution in [3.8, 4) is 5.69 Å². The third-order valence-corrected chi connectivity index (χ3v) is 7.17. The van der Waals surface area contributed by atoms with Gasteiger partial charge in [0.25, 0.3) is 5.91 Å². The van der Waals surface area contributed by atoms with E-state index in [0.717, 1.165) is 23.6 Å². The molecule has 3 aromatic rings. The van der Waals surface area contributed by atoms with Crippen LogP contribution < -0.4 is 15.6 Å². The molecule has 2 aromatic heterocycles. The SMILES string of the molecule is O=C(NC(C1CC1)C(F)(F)F)c1cn(-c2c(F)cc(F)cc2F)c2nc(N3CCCC[C@@H]3CO)ccc2c1=O. The number of nitrogens with zero attached hydrogens (tertiary/aromatic N) is 3. The summed E-state index contributed by atoms with van der Waals surface area (Å²) in [5.74, 6) is -5.91. The van der Waals surface area contributed by atoms with Crippen molar-refractivity contribution in [1.82, 2.24) is 14.9 Å². The molecule has 3 heterocycles. The standard InChI is InChI=1S/C26H24F6N4O3/c27-14-9-18(28)21(19(29)10-14)36-11-17(25(39)34-23(13-4-5-13)26(30,31)32)22(38)16-6-7-20(33-24(16)36)35-8-2-1-3-15(35)12-37/h6-7,9-11,13,15,23,37H,1-5,8,12H2,(H,34,39)/t15-,23?/m1/s1. The number of aromatic nitrogens is 2. The highest BCUT2D eigenvalue weighted by molar-refractivity contribution is 5.97. The van der Waals surface area contributed by atoms with Crippen LogP contribution in [0.3, 0.4) is 0 Å². The summed E-state index contributed by atoms with van der Waals surface area (Å²) in [5, 5.41) is 11.4. The molecule has 0 radical (unpaired) electrons. The number of nitrogens with one attached hydrogen (secondary N) is 1. The van der Waals surface area contributed by atoms with Gasteiger partial charge >= 0.3 is 6.18 Å². The van der Waals surface area contributed by atoms with Gasteiger partial charge in [0, 0.05) is 24.9 Å². The van der Waals surface area contributed by atoms with Crippen LogP contribution in [0.15, 0.2) is 35.3 Å². The van der Waals surface area contributed by atoms with Crippen molar-refractivity contribution in [2.24, 2.45) is 5.92 Å². The number of hydrogen-bond acceptors (Lipinski definition) is 5. The number of anilines is 1. The smallest absolute Gasteiger partial charge is 0.394 e. The lowest BCUT2D eigenvalue weighted by molar-refractivity contribution is -0.158. The lowest BCUT2D eigenvalue weighted by atomic mass is 10.0. The summed E-state index contributed by atoms with van der Waals surface area (Å²) >= 11 is 0. The molecule has 1 saturated carbocycles. The highest BCUT2D eigenvalue weighted by Crippen LogP contribution is 2.40. The Morgan fingerprint density at radius 3 is 2.41 bits per heavy atom. The molecule has 208 valence electrons. The topological polar surface area (TPSA) is 87.5 Å². The van der Waals surface area contributed by atoms with Gasteiger partial charge in [-0.05, 0) is 50.2 Å². The molecule has 1 unspecified atom stereocenters. The summed E-state index contributed by atoms with van der Waals surface area (Å²) < 4.78 is 84.9. The van der Waals surface area contributed by atoms with Gasteiger partial charge in [-0.25, -0.2) is 18.2 Å². The molecule has 2 atom stereocenters. The molecular weight excluding hydrogens is 530 g/mol. The van der Waals surface area contributed by atoms with Crippen molar-refractivity contribution in [3.63, 3.8) is 0 Å². The second-order valence-corrected chi connectivity index (χ2v) is 9.86. The maximum absolute atomic E-state index is 14.9. The van der Waals surface area contributed by atoms with Gasteiger partial charge in [-0.2, -0.15) is 13.2 Å². The first-order valence-corrected chi connectivity index (χ1v) is 12.5. The van der Waals surface area contributed by atoms with E-state index in [-0.39, 0.29) is 42.3 Å². The number of hydrogen-bond donors (Lipinski definition) is 2. The minimum atomic E-state index is -4.77. The highest BCUT2D eigenvalue weighted by atomic mass is 19.4. The second-order valence-electron chi connectivity index (χ2n) is 9.86. The molecule has 7 nitrogen and oxygen atoms in total. The predicted octanol–water partition coefficient (Wildman–Crippen LogP) is 4.22. The van der Waals surface area contributed by atoms with Crippen molar-refractivity contribution in [1.29, 1.82) is 0 Å². The van der Waals surface area contributed by atoms with Crippen molar-refractivity contribution in [2.45, 2.75) is 50.4 Å². The number of piperidine rings is 1. The fourth-order valence-electron chi connectivity index (χ4n) is 5.06. The van der Waals surface area contributed by atoms with Crippen LogP contribution in [0.5, 0.6) is 0 Å². The van der Waals surface area contributed by atoms with E-state index in [0.29, 0.717) is 25.1 Å². The number of halogens is 6. The van der Waals surface area contributed by atoms with Gasteiger partial charge in [-0.1, -0.05) is 0 Å². The molecule has 13 heteroatoms. The molecule has 2 fully saturated rings. The zero-order chi connectivity index (χ0) is 28.1.